The zero-order valence-corrected chi connectivity index (χ0v) is 16.8. The summed E-state index contributed by atoms with van der Waals surface area (Å²) < 4.78 is 0. The summed E-state index contributed by atoms with van der Waals surface area (Å²) in [6.07, 6.45) is 2.55. The van der Waals surface area contributed by atoms with Crippen molar-refractivity contribution in [2.75, 3.05) is 7.05 Å². The molecule has 0 radical (unpaired) electrons. The minimum absolute atomic E-state index is 0.141. The van der Waals surface area contributed by atoms with E-state index in [0.29, 0.717) is 12.8 Å². The Kier molecular flexibility index (Phi) is 9.95. The lowest BCUT2D eigenvalue weighted by Gasteiger charge is -2.27. The van der Waals surface area contributed by atoms with Crippen LogP contribution in [0.5, 0.6) is 0 Å². The first-order chi connectivity index (χ1) is 13.3. The van der Waals surface area contributed by atoms with Crippen molar-refractivity contribution >= 4 is 17.7 Å². The molecular weight excluding hydrogens is 358 g/mol. The van der Waals surface area contributed by atoms with Crippen LogP contribution < -0.4 is 16.1 Å². The lowest BCUT2D eigenvalue weighted by molar-refractivity contribution is -0.141. The summed E-state index contributed by atoms with van der Waals surface area (Å²) in [5.41, 5.74) is 2.55. The minimum atomic E-state index is -0.771. The number of allylic oxidation sites excluding steroid dienone is 1. The fourth-order valence-electron chi connectivity index (χ4n) is 3.19. The van der Waals surface area contributed by atoms with Crippen LogP contribution in [0.2, 0.25) is 0 Å². The molecule has 0 aromatic heterocycles. The molecule has 0 aliphatic carbocycles. The third-order valence-electron chi connectivity index (χ3n) is 4.58. The van der Waals surface area contributed by atoms with E-state index in [0.717, 1.165) is 5.56 Å². The van der Waals surface area contributed by atoms with Gasteiger partial charge in [0.2, 0.25) is 17.7 Å². The largest absolute Gasteiger partial charge is 0.357 e. The van der Waals surface area contributed by atoms with Crippen molar-refractivity contribution in [1.82, 2.24) is 16.1 Å². The summed E-state index contributed by atoms with van der Waals surface area (Å²) in [6.45, 7) is 7.53. The lowest BCUT2D eigenvalue weighted by Crippen LogP contribution is -2.51. The van der Waals surface area contributed by atoms with Crippen molar-refractivity contribution in [3.8, 4) is 0 Å². The Hall–Kier alpha value is -2.67. The van der Waals surface area contributed by atoms with Gasteiger partial charge in [0.25, 0.3) is 0 Å². The molecule has 0 aliphatic heterocycles. The molecule has 28 heavy (non-hydrogen) atoms. The average molecular weight is 389 g/mol. The number of likely N-dealkylation sites (N-methyl/N-ethyl adjacent to an activating group) is 1. The zero-order valence-electron chi connectivity index (χ0n) is 16.8. The summed E-state index contributed by atoms with van der Waals surface area (Å²) in [7, 11) is 1.51. The van der Waals surface area contributed by atoms with Gasteiger partial charge < -0.3 is 10.6 Å². The third kappa shape index (κ3) is 7.15. The predicted molar refractivity (Wildman–Crippen MR) is 107 cm³/mol. The summed E-state index contributed by atoms with van der Waals surface area (Å²) in [6, 6.07) is 8.61. The van der Waals surface area contributed by atoms with E-state index in [1.54, 1.807) is 11.6 Å². The predicted octanol–water partition coefficient (Wildman–Crippen LogP) is 1.82. The van der Waals surface area contributed by atoms with Crippen LogP contribution >= 0.6 is 0 Å². The second-order valence-electron chi connectivity index (χ2n) is 7.21. The molecule has 0 saturated heterocycles. The first-order valence-electron chi connectivity index (χ1n) is 9.44. The molecule has 3 atom stereocenters. The van der Waals surface area contributed by atoms with E-state index in [1.165, 1.54) is 7.05 Å². The van der Waals surface area contributed by atoms with Crippen LogP contribution in [0.1, 0.15) is 32.3 Å². The fraction of sp³-hybridized carbons (Fsp3) is 0.476. The topological polar surface area (TPSA) is 108 Å². The highest BCUT2D eigenvalue weighted by atomic mass is 16.5. The van der Waals surface area contributed by atoms with Crippen LogP contribution in [0.15, 0.2) is 43.0 Å². The zero-order chi connectivity index (χ0) is 21.1. The molecule has 2 unspecified atom stereocenters. The summed E-state index contributed by atoms with van der Waals surface area (Å²) in [5.74, 6) is -2.68. The molecule has 0 bridgehead atoms. The fourth-order valence-corrected chi connectivity index (χ4v) is 3.19. The molecule has 1 aromatic rings. The van der Waals surface area contributed by atoms with Gasteiger partial charge in [-0.1, -0.05) is 50.3 Å². The van der Waals surface area contributed by atoms with E-state index in [1.807, 2.05) is 44.2 Å². The lowest BCUT2D eigenvalue weighted by atomic mass is 9.82. The quantitative estimate of drug-likeness (QED) is 0.263. The first-order valence-corrected chi connectivity index (χ1v) is 9.44. The molecule has 4 N–H and O–H groups in total. The van der Waals surface area contributed by atoms with Crippen LogP contribution in [0.3, 0.4) is 0 Å². The van der Waals surface area contributed by atoms with Gasteiger partial charge in [0.1, 0.15) is 6.04 Å². The molecule has 154 valence electrons. The van der Waals surface area contributed by atoms with Crippen LogP contribution in [0, 0.1) is 17.8 Å². The molecule has 0 heterocycles. The van der Waals surface area contributed by atoms with Crippen molar-refractivity contribution in [2.45, 2.75) is 39.2 Å². The maximum Gasteiger partial charge on any atom is 0.247 e. The molecule has 7 nitrogen and oxygen atoms in total. The van der Waals surface area contributed by atoms with E-state index >= 15 is 0 Å². The molecule has 0 saturated carbocycles. The second-order valence-corrected chi connectivity index (χ2v) is 7.21. The van der Waals surface area contributed by atoms with E-state index in [-0.39, 0.29) is 18.2 Å². The van der Waals surface area contributed by atoms with E-state index in [4.69, 9.17) is 5.21 Å². The van der Waals surface area contributed by atoms with Crippen LogP contribution in [-0.4, -0.2) is 36.0 Å². The van der Waals surface area contributed by atoms with Crippen molar-refractivity contribution in [1.29, 1.82) is 0 Å². The highest BCUT2D eigenvalue weighted by Crippen LogP contribution is 2.25. The number of carbonyl (C=O) groups excluding carboxylic acids is 3. The molecule has 1 rings (SSSR count). The number of hydroxylamine groups is 1. The van der Waals surface area contributed by atoms with Gasteiger partial charge >= 0.3 is 0 Å². The number of benzene rings is 1. The molecule has 0 fully saturated rings. The molecule has 0 aliphatic rings. The highest BCUT2D eigenvalue weighted by Gasteiger charge is 2.35. The Morgan fingerprint density at radius 3 is 2.21 bits per heavy atom. The maximum absolute atomic E-state index is 13.0. The van der Waals surface area contributed by atoms with Crippen molar-refractivity contribution < 1.29 is 19.6 Å². The van der Waals surface area contributed by atoms with E-state index in [9.17, 15) is 14.4 Å². The van der Waals surface area contributed by atoms with Gasteiger partial charge in [-0.15, -0.1) is 6.58 Å². The minimum Gasteiger partial charge on any atom is -0.357 e. The summed E-state index contributed by atoms with van der Waals surface area (Å²) >= 11 is 0. The molecule has 1 aromatic carbocycles. The van der Waals surface area contributed by atoms with Crippen LogP contribution in [0.4, 0.5) is 0 Å². The van der Waals surface area contributed by atoms with Gasteiger partial charge in [0.15, 0.2) is 0 Å². The van der Waals surface area contributed by atoms with Gasteiger partial charge in [0.05, 0.1) is 11.8 Å². The SMILES string of the molecule is C=CCC(C(=O)NO)C(CC(C)C)C(=O)N[C@@H](Cc1ccccc1)C(=O)NC. The Bertz CT molecular complexity index is 661. The van der Waals surface area contributed by atoms with Gasteiger partial charge in [0, 0.05) is 13.5 Å². The first kappa shape index (κ1) is 23.4. The third-order valence-corrected chi connectivity index (χ3v) is 4.58. The number of carbonyl (C=O) groups is 3. The standard InChI is InChI=1S/C21H31N3O4/c1-5-9-16(20(26)24-28)17(12-14(2)3)19(25)23-18(21(27)22-4)13-15-10-7-6-8-11-15/h5-8,10-11,14,16-18,28H,1,9,12-13H2,2-4H3,(H,22,27)(H,23,25)(H,24,26)/t16?,17?,18-/m0/s1. The monoisotopic (exact) mass is 389 g/mol. The average Bonchev–Trinajstić information content (AvgIpc) is 2.69. The number of hydrogen-bond acceptors (Lipinski definition) is 4. The molecule has 7 heteroatoms. The number of rotatable bonds is 11. The second kappa shape index (κ2) is 11.9. The van der Waals surface area contributed by atoms with Crippen molar-refractivity contribution in [2.24, 2.45) is 17.8 Å². The Morgan fingerprint density at radius 2 is 1.71 bits per heavy atom. The van der Waals surface area contributed by atoms with E-state index < -0.39 is 29.7 Å². The normalized spacial score (nSPS) is 13.9. The molecule has 0 spiro atoms. The summed E-state index contributed by atoms with van der Waals surface area (Å²) in [4.78, 5) is 37.5. The Morgan fingerprint density at radius 1 is 1.07 bits per heavy atom. The van der Waals surface area contributed by atoms with Gasteiger partial charge in [-0.3, -0.25) is 19.6 Å². The Balaban J connectivity index is 3.07. The van der Waals surface area contributed by atoms with Crippen molar-refractivity contribution in [3.63, 3.8) is 0 Å². The number of nitrogens with one attached hydrogen (secondary N) is 3. The van der Waals surface area contributed by atoms with Gasteiger partial charge in [-0.25, -0.2) is 5.48 Å². The highest BCUT2D eigenvalue weighted by molar-refractivity contribution is 5.91. The van der Waals surface area contributed by atoms with Gasteiger partial charge in [-0.05, 0) is 24.3 Å². The van der Waals surface area contributed by atoms with Crippen molar-refractivity contribution in [3.05, 3.63) is 48.6 Å². The van der Waals surface area contributed by atoms with Crippen LogP contribution in [0.25, 0.3) is 0 Å². The smallest absolute Gasteiger partial charge is 0.247 e. The summed E-state index contributed by atoms with van der Waals surface area (Å²) in [5, 5.41) is 14.4. The molecular formula is C21H31N3O4. The number of amides is 3. The maximum atomic E-state index is 13.0. The molecule has 3 amide bonds. The van der Waals surface area contributed by atoms with Gasteiger partial charge in [-0.2, -0.15) is 0 Å². The number of hydrogen-bond donors (Lipinski definition) is 4. The van der Waals surface area contributed by atoms with E-state index in [2.05, 4.69) is 17.2 Å². The Labute approximate surface area is 166 Å². The van der Waals surface area contributed by atoms with Crippen LogP contribution in [-0.2, 0) is 20.8 Å².